The van der Waals surface area contributed by atoms with Crippen molar-refractivity contribution >= 4 is 35.0 Å². The third-order valence-corrected chi connectivity index (χ3v) is 5.96. The van der Waals surface area contributed by atoms with Gasteiger partial charge in [-0.1, -0.05) is 23.4 Å². The summed E-state index contributed by atoms with van der Waals surface area (Å²) >= 11 is 7.96. The van der Waals surface area contributed by atoms with Crippen LogP contribution in [0, 0.1) is 0 Å². The van der Waals surface area contributed by atoms with E-state index in [0.717, 1.165) is 34.3 Å². The highest BCUT2D eigenvalue weighted by molar-refractivity contribution is 7.99. The summed E-state index contributed by atoms with van der Waals surface area (Å²) in [6.45, 7) is 4.40. The number of carbonyl (C=O) groups is 1. The van der Waals surface area contributed by atoms with E-state index in [1.165, 1.54) is 0 Å². The Morgan fingerprint density at radius 3 is 2.63 bits per heavy atom. The normalized spacial score (nSPS) is 17.7. The summed E-state index contributed by atoms with van der Waals surface area (Å²) in [5.74, 6) is 0.0489. The molecule has 1 heterocycles. The fourth-order valence-corrected chi connectivity index (χ4v) is 4.34. The van der Waals surface area contributed by atoms with Gasteiger partial charge in [-0.2, -0.15) is 0 Å². The highest BCUT2D eigenvalue weighted by Crippen LogP contribution is 2.38. The highest BCUT2D eigenvalue weighted by Gasteiger charge is 2.26. The first-order valence-corrected chi connectivity index (χ1v) is 9.98. The second kappa shape index (κ2) is 8.87. The molecule has 27 heavy (non-hydrogen) atoms. The number of ether oxygens (including phenoxy) is 1. The molecule has 0 amide bonds. The Hall–Kier alpha value is -1.89. The van der Waals surface area contributed by atoms with Crippen LogP contribution >= 0.6 is 23.4 Å². The summed E-state index contributed by atoms with van der Waals surface area (Å²) < 4.78 is 5.22. The molecular weight excluding hydrogens is 384 g/mol. The first kappa shape index (κ1) is 19.9. The molecule has 1 unspecified atom stereocenters. The third kappa shape index (κ3) is 5.09. The summed E-state index contributed by atoms with van der Waals surface area (Å²) in [5.41, 5.74) is 1.09. The number of aliphatic carboxylic acids is 1. The average molecular weight is 407 g/mol. The Morgan fingerprint density at radius 2 is 2.00 bits per heavy atom. The lowest BCUT2D eigenvalue weighted by Gasteiger charge is -2.40. The van der Waals surface area contributed by atoms with Gasteiger partial charge in [0.1, 0.15) is 5.75 Å². The number of piperazine rings is 1. The zero-order valence-electron chi connectivity index (χ0n) is 15.4. The number of hydrogen-bond acceptors (Lipinski definition) is 5. The predicted molar refractivity (Wildman–Crippen MR) is 109 cm³/mol. The molecule has 144 valence electrons. The lowest BCUT2D eigenvalue weighted by atomic mass is 10.1. The Bertz CT molecular complexity index is 800. The molecule has 1 atom stereocenters. The minimum Gasteiger partial charge on any atom is -0.497 e. The van der Waals surface area contributed by atoms with Crippen LogP contribution in [0.5, 0.6) is 5.75 Å². The van der Waals surface area contributed by atoms with Crippen LogP contribution in [0.15, 0.2) is 52.3 Å². The van der Waals surface area contributed by atoms with Crippen molar-refractivity contribution in [3.8, 4) is 5.75 Å². The van der Waals surface area contributed by atoms with Crippen LogP contribution in [0.4, 0.5) is 5.69 Å². The minimum absolute atomic E-state index is 0.0814. The molecule has 0 aromatic heterocycles. The molecule has 0 saturated carbocycles. The van der Waals surface area contributed by atoms with E-state index in [2.05, 4.69) is 11.8 Å². The van der Waals surface area contributed by atoms with E-state index >= 15 is 0 Å². The Labute approximate surface area is 168 Å². The van der Waals surface area contributed by atoms with E-state index in [9.17, 15) is 4.79 Å². The number of methoxy groups -OCH3 is 1. The molecule has 0 spiro atoms. The molecular formula is C20H23ClN2O3S. The van der Waals surface area contributed by atoms with Gasteiger partial charge in [-0.3, -0.25) is 9.69 Å². The quantitative estimate of drug-likeness (QED) is 0.779. The molecule has 0 aliphatic carbocycles. The van der Waals surface area contributed by atoms with Gasteiger partial charge in [0, 0.05) is 40.5 Å². The lowest BCUT2D eigenvalue weighted by Crippen LogP contribution is -2.53. The maximum Gasteiger partial charge on any atom is 0.317 e. The maximum atomic E-state index is 11.0. The SMILES string of the molecule is COc1ccc(Sc2ccc(Cl)cc2N2CCN(CC(=O)O)C(C)C2)cc1. The minimum atomic E-state index is -0.784. The second-order valence-electron chi connectivity index (χ2n) is 6.55. The van der Waals surface area contributed by atoms with Crippen LogP contribution < -0.4 is 9.64 Å². The van der Waals surface area contributed by atoms with E-state index in [1.807, 2.05) is 47.4 Å². The third-order valence-electron chi connectivity index (χ3n) is 4.65. The first-order chi connectivity index (χ1) is 13.0. The summed E-state index contributed by atoms with van der Waals surface area (Å²) in [6, 6.07) is 14.1. The molecule has 7 heteroatoms. The Morgan fingerprint density at radius 1 is 1.26 bits per heavy atom. The van der Waals surface area contributed by atoms with Crippen molar-refractivity contribution in [1.29, 1.82) is 0 Å². The number of nitrogens with zero attached hydrogens (tertiary/aromatic N) is 2. The molecule has 2 aromatic carbocycles. The van der Waals surface area contributed by atoms with Gasteiger partial charge in [0.2, 0.25) is 0 Å². The number of rotatable bonds is 6. The van der Waals surface area contributed by atoms with Crippen LogP contribution in [0.1, 0.15) is 6.92 Å². The number of hydrogen-bond donors (Lipinski definition) is 1. The average Bonchev–Trinajstić information content (AvgIpc) is 2.65. The van der Waals surface area contributed by atoms with Gasteiger partial charge in [0.05, 0.1) is 19.3 Å². The van der Waals surface area contributed by atoms with Crippen LogP contribution in [0.25, 0.3) is 0 Å². The van der Waals surface area contributed by atoms with E-state index in [1.54, 1.807) is 18.9 Å². The standard InChI is InChI=1S/C20H23ClN2O3S/c1-14-12-23(10-9-22(14)13-20(24)25)18-11-15(21)3-8-19(18)27-17-6-4-16(26-2)5-7-17/h3-8,11,14H,9-10,12-13H2,1-2H3,(H,24,25). The summed E-state index contributed by atoms with van der Waals surface area (Å²) in [5, 5.41) is 9.76. The van der Waals surface area contributed by atoms with Crippen LogP contribution in [0.3, 0.4) is 0 Å². The fourth-order valence-electron chi connectivity index (χ4n) is 3.22. The van der Waals surface area contributed by atoms with Gasteiger partial charge < -0.3 is 14.7 Å². The highest BCUT2D eigenvalue weighted by atomic mass is 35.5. The van der Waals surface area contributed by atoms with Gasteiger partial charge in [0.25, 0.3) is 0 Å². The van der Waals surface area contributed by atoms with Crippen molar-refractivity contribution in [3.63, 3.8) is 0 Å². The van der Waals surface area contributed by atoms with Crippen LogP contribution in [-0.4, -0.2) is 55.3 Å². The Balaban J connectivity index is 1.79. The fraction of sp³-hybridized carbons (Fsp3) is 0.350. The molecule has 1 N–H and O–H groups in total. The van der Waals surface area contributed by atoms with Gasteiger partial charge in [-0.15, -0.1) is 0 Å². The first-order valence-electron chi connectivity index (χ1n) is 8.78. The van der Waals surface area contributed by atoms with Crippen molar-refractivity contribution < 1.29 is 14.6 Å². The van der Waals surface area contributed by atoms with E-state index < -0.39 is 5.97 Å². The summed E-state index contributed by atoms with van der Waals surface area (Å²) in [7, 11) is 1.66. The topological polar surface area (TPSA) is 53.0 Å². The van der Waals surface area contributed by atoms with Crippen molar-refractivity contribution in [2.45, 2.75) is 22.8 Å². The van der Waals surface area contributed by atoms with Gasteiger partial charge in [-0.25, -0.2) is 0 Å². The molecule has 1 aliphatic heterocycles. The van der Waals surface area contributed by atoms with E-state index in [4.69, 9.17) is 21.4 Å². The summed E-state index contributed by atoms with van der Waals surface area (Å²) in [4.78, 5) is 17.6. The smallest absolute Gasteiger partial charge is 0.317 e. The predicted octanol–water partition coefficient (Wildman–Crippen LogP) is 4.09. The van der Waals surface area contributed by atoms with Crippen molar-refractivity contribution in [2.24, 2.45) is 0 Å². The van der Waals surface area contributed by atoms with Gasteiger partial charge >= 0.3 is 5.97 Å². The second-order valence-corrected chi connectivity index (χ2v) is 8.10. The number of carboxylic acid groups (broad SMARTS) is 1. The van der Waals surface area contributed by atoms with Gasteiger partial charge in [0.15, 0.2) is 0 Å². The summed E-state index contributed by atoms with van der Waals surface area (Å²) in [6.07, 6.45) is 0. The van der Waals surface area contributed by atoms with Crippen LogP contribution in [0.2, 0.25) is 5.02 Å². The zero-order valence-corrected chi connectivity index (χ0v) is 17.0. The number of halogens is 1. The lowest BCUT2D eigenvalue weighted by molar-refractivity contribution is -0.138. The largest absolute Gasteiger partial charge is 0.497 e. The van der Waals surface area contributed by atoms with E-state index in [0.29, 0.717) is 11.6 Å². The van der Waals surface area contributed by atoms with Crippen molar-refractivity contribution in [2.75, 3.05) is 38.2 Å². The Kier molecular flexibility index (Phi) is 6.52. The molecule has 1 fully saturated rings. The number of carboxylic acids is 1. The van der Waals surface area contributed by atoms with Gasteiger partial charge in [-0.05, 0) is 49.4 Å². The van der Waals surface area contributed by atoms with Crippen LogP contribution in [-0.2, 0) is 4.79 Å². The molecule has 1 aliphatic rings. The number of benzene rings is 2. The van der Waals surface area contributed by atoms with E-state index in [-0.39, 0.29) is 12.6 Å². The van der Waals surface area contributed by atoms with Crippen molar-refractivity contribution in [3.05, 3.63) is 47.5 Å². The van der Waals surface area contributed by atoms with Crippen molar-refractivity contribution in [1.82, 2.24) is 4.90 Å². The molecule has 0 radical (unpaired) electrons. The number of anilines is 1. The molecule has 2 aromatic rings. The monoisotopic (exact) mass is 406 g/mol. The zero-order chi connectivity index (χ0) is 19.4. The molecule has 3 rings (SSSR count). The molecule has 0 bridgehead atoms. The molecule has 1 saturated heterocycles. The maximum absolute atomic E-state index is 11.0. The molecule has 5 nitrogen and oxygen atoms in total.